The summed E-state index contributed by atoms with van der Waals surface area (Å²) in [6.45, 7) is 5.66. The van der Waals surface area contributed by atoms with Crippen LogP contribution in [0.5, 0.6) is 0 Å². The SMILES string of the molecule is C=C(C(=O)OCCCC)C(F)c1cccc(C#N)c1. The van der Waals surface area contributed by atoms with Gasteiger partial charge in [0.2, 0.25) is 0 Å². The molecule has 0 spiro atoms. The van der Waals surface area contributed by atoms with Crippen LogP contribution in [0.4, 0.5) is 4.39 Å². The van der Waals surface area contributed by atoms with Crippen molar-refractivity contribution in [2.45, 2.75) is 25.9 Å². The van der Waals surface area contributed by atoms with E-state index in [4.69, 9.17) is 10.00 Å². The third kappa shape index (κ3) is 4.22. The highest BCUT2D eigenvalue weighted by Crippen LogP contribution is 2.26. The average molecular weight is 261 g/mol. The zero-order valence-electron chi connectivity index (χ0n) is 10.9. The summed E-state index contributed by atoms with van der Waals surface area (Å²) in [6.07, 6.45) is -0.0226. The molecule has 0 aromatic heterocycles. The smallest absolute Gasteiger partial charge is 0.336 e. The first kappa shape index (κ1) is 14.9. The lowest BCUT2D eigenvalue weighted by Crippen LogP contribution is -2.12. The van der Waals surface area contributed by atoms with Gasteiger partial charge in [0.15, 0.2) is 6.17 Å². The van der Waals surface area contributed by atoms with Crippen LogP contribution in [0.3, 0.4) is 0 Å². The maximum absolute atomic E-state index is 14.1. The molecule has 0 amide bonds. The zero-order valence-corrected chi connectivity index (χ0v) is 10.9. The lowest BCUT2D eigenvalue weighted by atomic mass is 10.0. The van der Waals surface area contributed by atoms with Gasteiger partial charge in [0.05, 0.1) is 23.8 Å². The number of halogens is 1. The maximum Gasteiger partial charge on any atom is 0.336 e. The zero-order chi connectivity index (χ0) is 14.3. The predicted octanol–water partition coefficient (Wildman–Crippen LogP) is 3.47. The highest BCUT2D eigenvalue weighted by Gasteiger charge is 2.21. The van der Waals surface area contributed by atoms with Crippen LogP contribution in [0.25, 0.3) is 0 Å². The van der Waals surface area contributed by atoms with Crippen LogP contribution in [0.15, 0.2) is 36.4 Å². The van der Waals surface area contributed by atoms with E-state index in [9.17, 15) is 9.18 Å². The number of hydrogen-bond donors (Lipinski definition) is 0. The van der Waals surface area contributed by atoms with Crippen molar-refractivity contribution in [1.82, 2.24) is 0 Å². The number of hydrogen-bond acceptors (Lipinski definition) is 3. The summed E-state index contributed by atoms with van der Waals surface area (Å²) < 4.78 is 19.0. The van der Waals surface area contributed by atoms with E-state index in [-0.39, 0.29) is 17.7 Å². The molecular formula is C15H16FNO2. The van der Waals surface area contributed by atoms with Gasteiger partial charge in [-0.05, 0) is 24.1 Å². The molecule has 1 atom stereocenters. The molecule has 0 radical (unpaired) electrons. The molecule has 0 aliphatic carbocycles. The summed E-state index contributed by atoms with van der Waals surface area (Å²) in [5.74, 6) is -0.733. The highest BCUT2D eigenvalue weighted by molar-refractivity contribution is 5.89. The van der Waals surface area contributed by atoms with Gasteiger partial charge in [0.25, 0.3) is 0 Å². The molecule has 0 saturated carbocycles. The minimum absolute atomic E-state index is 0.233. The molecule has 19 heavy (non-hydrogen) atoms. The molecule has 3 nitrogen and oxygen atoms in total. The largest absolute Gasteiger partial charge is 0.462 e. The van der Waals surface area contributed by atoms with E-state index in [1.807, 2.05) is 13.0 Å². The van der Waals surface area contributed by atoms with E-state index in [0.29, 0.717) is 5.56 Å². The molecule has 0 saturated heterocycles. The highest BCUT2D eigenvalue weighted by atomic mass is 19.1. The first-order chi connectivity index (χ1) is 9.10. The molecule has 4 heteroatoms. The second-order valence-electron chi connectivity index (χ2n) is 4.11. The molecule has 100 valence electrons. The Balaban J connectivity index is 2.70. The van der Waals surface area contributed by atoms with Crippen molar-refractivity contribution in [3.8, 4) is 6.07 Å². The molecule has 1 aromatic carbocycles. The van der Waals surface area contributed by atoms with E-state index in [1.165, 1.54) is 12.1 Å². The van der Waals surface area contributed by atoms with Crippen molar-refractivity contribution in [2.24, 2.45) is 0 Å². The van der Waals surface area contributed by atoms with Crippen LogP contribution in [-0.2, 0) is 9.53 Å². The van der Waals surface area contributed by atoms with Crippen molar-refractivity contribution in [3.63, 3.8) is 0 Å². The van der Waals surface area contributed by atoms with E-state index in [2.05, 4.69) is 6.58 Å². The summed E-state index contributed by atoms with van der Waals surface area (Å²) >= 11 is 0. The van der Waals surface area contributed by atoms with Gasteiger partial charge in [0, 0.05) is 0 Å². The molecule has 0 heterocycles. The van der Waals surface area contributed by atoms with Crippen LogP contribution in [-0.4, -0.2) is 12.6 Å². The van der Waals surface area contributed by atoms with Crippen LogP contribution in [0, 0.1) is 11.3 Å². The Morgan fingerprint density at radius 1 is 1.58 bits per heavy atom. The predicted molar refractivity (Wildman–Crippen MR) is 70.0 cm³/mol. The lowest BCUT2D eigenvalue weighted by molar-refractivity contribution is -0.139. The van der Waals surface area contributed by atoms with Crippen LogP contribution in [0.2, 0.25) is 0 Å². The summed E-state index contributed by atoms with van der Waals surface area (Å²) in [7, 11) is 0. The molecule has 1 rings (SSSR count). The molecule has 0 fully saturated rings. The van der Waals surface area contributed by atoms with E-state index in [1.54, 1.807) is 12.1 Å². The fourth-order valence-corrected chi connectivity index (χ4v) is 1.47. The van der Waals surface area contributed by atoms with Gasteiger partial charge in [-0.25, -0.2) is 9.18 Å². The van der Waals surface area contributed by atoms with Crippen molar-refractivity contribution in [1.29, 1.82) is 5.26 Å². The Morgan fingerprint density at radius 2 is 2.32 bits per heavy atom. The van der Waals surface area contributed by atoms with Crippen LogP contribution >= 0.6 is 0 Å². The number of benzene rings is 1. The van der Waals surface area contributed by atoms with Gasteiger partial charge in [-0.2, -0.15) is 5.26 Å². The number of ether oxygens (including phenoxy) is 1. The molecule has 0 aliphatic rings. The first-order valence-corrected chi connectivity index (χ1v) is 6.10. The number of esters is 1. The van der Waals surface area contributed by atoms with Crippen molar-refractivity contribution < 1.29 is 13.9 Å². The van der Waals surface area contributed by atoms with Crippen molar-refractivity contribution in [3.05, 3.63) is 47.5 Å². The number of carbonyl (C=O) groups excluding carboxylic acids is 1. The van der Waals surface area contributed by atoms with Gasteiger partial charge in [0.1, 0.15) is 0 Å². The molecule has 0 bridgehead atoms. The Bertz CT molecular complexity index is 505. The van der Waals surface area contributed by atoms with Gasteiger partial charge < -0.3 is 4.74 Å². The van der Waals surface area contributed by atoms with Gasteiger partial charge in [-0.1, -0.05) is 32.1 Å². The molecule has 0 aliphatic heterocycles. The number of nitriles is 1. The number of alkyl halides is 1. The fraction of sp³-hybridized carbons (Fsp3) is 0.333. The average Bonchev–Trinajstić information content (AvgIpc) is 2.45. The normalized spacial score (nSPS) is 11.4. The quantitative estimate of drug-likeness (QED) is 0.447. The molecule has 0 N–H and O–H groups in total. The van der Waals surface area contributed by atoms with Crippen molar-refractivity contribution >= 4 is 5.97 Å². The molecular weight excluding hydrogens is 245 g/mol. The minimum atomic E-state index is -1.65. The summed E-state index contributed by atoms with van der Waals surface area (Å²) in [4.78, 5) is 11.6. The van der Waals surface area contributed by atoms with E-state index in [0.717, 1.165) is 12.8 Å². The number of rotatable bonds is 6. The number of nitrogens with zero attached hydrogens (tertiary/aromatic N) is 1. The van der Waals surface area contributed by atoms with E-state index >= 15 is 0 Å². The van der Waals surface area contributed by atoms with Crippen LogP contribution in [0.1, 0.15) is 37.1 Å². The van der Waals surface area contributed by atoms with Crippen LogP contribution < -0.4 is 0 Å². The lowest BCUT2D eigenvalue weighted by Gasteiger charge is -2.11. The monoisotopic (exact) mass is 261 g/mol. The fourth-order valence-electron chi connectivity index (χ4n) is 1.47. The summed E-state index contributed by atoms with van der Waals surface area (Å²) in [5, 5.41) is 8.75. The van der Waals surface area contributed by atoms with Crippen molar-refractivity contribution in [2.75, 3.05) is 6.61 Å². The Kier molecular flexibility index (Phi) is 5.74. The summed E-state index contributed by atoms with van der Waals surface area (Å²) in [6, 6.07) is 7.96. The minimum Gasteiger partial charge on any atom is -0.462 e. The number of carbonyl (C=O) groups is 1. The van der Waals surface area contributed by atoms with Gasteiger partial charge in [-0.15, -0.1) is 0 Å². The standard InChI is InChI=1S/C15H16FNO2/c1-3-4-8-19-15(18)11(2)14(16)13-7-5-6-12(9-13)10-17/h5-7,9,14H,2-4,8H2,1H3. The Labute approximate surface area is 112 Å². The third-order valence-electron chi connectivity index (χ3n) is 2.61. The molecule has 1 unspecified atom stereocenters. The van der Waals surface area contributed by atoms with E-state index < -0.39 is 12.1 Å². The molecule has 1 aromatic rings. The summed E-state index contributed by atoms with van der Waals surface area (Å²) in [5.41, 5.74) is 0.329. The topological polar surface area (TPSA) is 50.1 Å². The van der Waals surface area contributed by atoms with Gasteiger partial charge in [-0.3, -0.25) is 0 Å². The third-order valence-corrected chi connectivity index (χ3v) is 2.61. The number of unbranched alkanes of at least 4 members (excludes halogenated alkanes) is 1. The first-order valence-electron chi connectivity index (χ1n) is 6.10. The second-order valence-corrected chi connectivity index (χ2v) is 4.11. The maximum atomic E-state index is 14.1. The second kappa shape index (κ2) is 7.32. The Morgan fingerprint density at radius 3 is 2.95 bits per heavy atom. The Hall–Kier alpha value is -2.15. The van der Waals surface area contributed by atoms with Gasteiger partial charge >= 0.3 is 5.97 Å².